The molecular weight excluding hydrogens is 408 g/mol. The number of pyridine rings is 1. The Kier molecular flexibility index (Phi) is 7.64. The van der Waals surface area contributed by atoms with Gasteiger partial charge in [0.2, 0.25) is 11.8 Å². The van der Waals surface area contributed by atoms with E-state index < -0.39 is 0 Å². The maximum atomic E-state index is 12.4. The summed E-state index contributed by atoms with van der Waals surface area (Å²) in [4.78, 5) is 30.9. The molecule has 2 amide bonds. The topological polar surface area (TPSA) is 74.3 Å². The van der Waals surface area contributed by atoms with Crippen LogP contribution >= 0.6 is 15.9 Å². The molecule has 0 aromatic carbocycles. The fraction of sp³-hybridized carbons (Fsp3) is 0.650. The molecule has 148 valence electrons. The van der Waals surface area contributed by atoms with Gasteiger partial charge in [-0.3, -0.25) is 14.5 Å². The summed E-state index contributed by atoms with van der Waals surface area (Å²) in [6, 6.07) is 3.64. The first-order valence-corrected chi connectivity index (χ1v) is 10.8. The summed E-state index contributed by atoms with van der Waals surface area (Å²) in [6.45, 7) is 2.82. The summed E-state index contributed by atoms with van der Waals surface area (Å²) in [7, 11) is 0. The number of carbonyl (C=O) groups excluding carboxylic acids is 2. The maximum Gasteiger partial charge on any atom is 0.234 e. The molecule has 1 saturated carbocycles. The molecule has 1 aromatic heterocycles. The van der Waals surface area contributed by atoms with Crippen LogP contribution in [0.1, 0.15) is 44.9 Å². The Balaban J connectivity index is 1.34. The van der Waals surface area contributed by atoms with Crippen LogP contribution < -0.4 is 10.6 Å². The number of hydrogen-bond donors (Lipinski definition) is 2. The van der Waals surface area contributed by atoms with Gasteiger partial charge in [-0.25, -0.2) is 4.98 Å². The lowest BCUT2D eigenvalue weighted by atomic mass is 9.89. The predicted octanol–water partition coefficient (Wildman–Crippen LogP) is 3.19. The lowest BCUT2D eigenvalue weighted by Gasteiger charge is -2.31. The summed E-state index contributed by atoms with van der Waals surface area (Å²) in [5.41, 5.74) is 0. The fourth-order valence-electron chi connectivity index (χ4n) is 3.94. The highest BCUT2D eigenvalue weighted by atomic mass is 79.9. The van der Waals surface area contributed by atoms with Crippen LogP contribution in [0.4, 0.5) is 5.82 Å². The molecule has 0 bridgehead atoms. The average Bonchev–Trinajstić information content (AvgIpc) is 2.69. The molecule has 0 spiro atoms. The smallest absolute Gasteiger partial charge is 0.234 e. The monoisotopic (exact) mass is 436 g/mol. The summed E-state index contributed by atoms with van der Waals surface area (Å²) in [5.74, 6) is 1.35. The highest BCUT2D eigenvalue weighted by Crippen LogP contribution is 2.23. The van der Waals surface area contributed by atoms with Crippen molar-refractivity contribution in [2.24, 2.45) is 11.8 Å². The second kappa shape index (κ2) is 10.2. The Morgan fingerprint density at radius 1 is 1.11 bits per heavy atom. The second-order valence-corrected chi connectivity index (χ2v) is 8.63. The van der Waals surface area contributed by atoms with Crippen LogP contribution in [-0.2, 0) is 9.59 Å². The van der Waals surface area contributed by atoms with Crippen molar-refractivity contribution in [3.63, 3.8) is 0 Å². The standard InChI is InChI=1S/C20H29BrN4O2/c21-17-6-7-18(22-13-17)24-20(27)16-8-10-25(11-9-16)14-19(26)23-12-15-4-2-1-3-5-15/h6-7,13,15-16H,1-5,8-12,14H2,(H,23,26)(H,22,24,27). The molecule has 1 aromatic rings. The SMILES string of the molecule is O=C(CN1CCC(C(=O)Nc2ccc(Br)cn2)CC1)NCC1CCCCC1. The zero-order chi connectivity index (χ0) is 19.1. The van der Waals surface area contributed by atoms with Crippen molar-refractivity contribution >= 4 is 33.6 Å². The number of hydrogen-bond acceptors (Lipinski definition) is 4. The molecule has 1 saturated heterocycles. The number of aromatic nitrogens is 1. The van der Waals surface area contributed by atoms with Crippen LogP contribution in [0.3, 0.4) is 0 Å². The molecule has 0 radical (unpaired) electrons. The van der Waals surface area contributed by atoms with Gasteiger partial charge >= 0.3 is 0 Å². The van der Waals surface area contributed by atoms with Gasteiger partial charge in [-0.05, 0) is 72.8 Å². The molecule has 3 rings (SSSR count). The molecule has 27 heavy (non-hydrogen) atoms. The van der Waals surface area contributed by atoms with E-state index in [0.717, 1.165) is 36.9 Å². The molecule has 6 nitrogen and oxygen atoms in total. The molecule has 7 heteroatoms. The van der Waals surface area contributed by atoms with Crippen molar-refractivity contribution < 1.29 is 9.59 Å². The minimum Gasteiger partial charge on any atom is -0.355 e. The third kappa shape index (κ3) is 6.57. The van der Waals surface area contributed by atoms with Crippen LogP contribution in [-0.4, -0.2) is 47.9 Å². The molecular formula is C20H29BrN4O2. The zero-order valence-electron chi connectivity index (χ0n) is 15.8. The number of nitrogens with one attached hydrogen (secondary N) is 2. The quantitative estimate of drug-likeness (QED) is 0.717. The van der Waals surface area contributed by atoms with Gasteiger partial charge in [-0.1, -0.05) is 19.3 Å². The van der Waals surface area contributed by atoms with E-state index in [9.17, 15) is 9.59 Å². The van der Waals surface area contributed by atoms with Gasteiger partial charge in [0.1, 0.15) is 5.82 Å². The lowest BCUT2D eigenvalue weighted by molar-refractivity contribution is -0.123. The van der Waals surface area contributed by atoms with Gasteiger partial charge in [-0.2, -0.15) is 0 Å². The van der Waals surface area contributed by atoms with Crippen LogP contribution in [0.15, 0.2) is 22.8 Å². The Morgan fingerprint density at radius 2 is 1.85 bits per heavy atom. The molecule has 1 aliphatic heterocycles. The minimum atomic E-state index is -0.0167. The number of amides is 2. The van der Waals surface area contributed by atoms with Crippen LogP contribution in [0, 0.1) is 11.8 Å². The van der Waals surface area contributed by atoms with E-state index in [1.807, 2.05) is 6.07 Å². The van der Waals surface area contributed by atoms with Crippen molar-refractivity contribution in [1.29, 1.82) is 0 Å². The van der Waals surface area contributed by atoms with Crippen LogP contribution in [0.5, 0.6) is 0 Å². The van der Waals surface area contributed by atoms with Gasteiger partial charge in [0.25, 0.3) is 0 Å². The molecule has 2 fully saturated rings. The molecule has 2 aliphatic rings. The van der Waals surface area contributed by atoms with Crippen molar-refractivity contribution in [1.82, 2.24) is 15.2 Å². The number of carbonyl (C=O) groups is 2. The number of piperidine rings is 1. The van der Waals surface area contributed by atoms with Gasteiger partial charge in [0, 0.05) is 23.1 Å². The van der Waals surface area contributed by atoms with Crippen LogP contribution in [0.2, 0.25) is 0 Å². The Labute approximate surface area is 169 Å². The number of rotatable bonds is 6. The molecule has 0 unspecified atom stereocenters. The first-order valence-electron chi connectivity index (χ1n) is 10.0. The van der Waals surface area contributed by atoms with E-state index in [1.54, 1.807) is 12.3 Å². The highest BCUT2D eigenvalue weighted by molar-refractivity contribution is 9.10. The fourth-order valence-corrected chi connectivity index (χ4v) is 4.17. The van der Waals surface area contributed by atoms with Crippen molar-refractivity contribution in [3.05, 3.63) is 22.8 Å². The highest BCUT2D eigenvalue weighted by Gasteiger charge is 2.26. The van der Waals surface area contributed by atoms with E-state index in [2.05, 4.69) is 36.4 Å². The first-order chi connectivity index (χ1) is 13.1. The third-order valence-corrected chi connectivity index (χ3v) is 6.09. The van der Waals surface area contributed by atoms with E-state index in [0.29, 0.717) is 18.3 Å². The summed E-state index contributed by atoms with van der Waals surface area (Å²) < 4.78 is 0.885. The largest absolute Gasteiger partial charge is 0.355 e. The van der Waals surface area contributed by atoms with E-state index in [-0.39, 0.29) is 17.7 Å². The second-order valence-electron chi connectivity index (χ2n) is 7.71. The van der Waals surface area contributed by atoms with Crippen LogP contribution in [0.25, 0.3) is 0 Å². The first kappa shape index (κ1) is 20.3. The van der Waals surface area contributed by atoms with Gasteiger partial charge in [0.05, 0.1) is 6.54 Å². The van der Waals surface area contributed by atoms with E-state index in [4.69, 9.17) is 0 Å². The average molecular weight is 437 g/mol. The van der Waals surface area contributed by atoms with E-state index >= 15 is 0 Å². The predicted molar refractivity (Wildman–Crippen MR) is 109 cm³/mol. The minimum absolute atomic E-state index is 0.0167. The van der Waals surface area contributed by atoms with Gasteiger partial charge in [-0.15, -0.1) is 0 Å². The summed E-state index contributed by atoms with van der Waals surface area (Å²) >= 11 is 3.33. The lowest BCUT2D eigenvalue weighted by Crippen LogP contribution is -2.44. The Hall–Kier alpha value is -1.47. The van der Waals surface area contributed by atoms with Crippen molar-refractivity contribution in [3.8, 4) is 0 Å². The number of nitrogens with zero attached hydrogens (tertiary/aromatic N) is 2. The zero-order valence-corrected chi connectivity index (χ0v) is 17.3. The molecule has 0 atom stereocenters. The summed E-state index contributed by atoms with van der Waals surface area (Å²) in [6.07, 6.45) is 9.64. The number of likely N-dealkylation sites (tertiary alicyclic amines) is 1. The van der Waals surface area contributed by atoms with Gasteiger partial charge < -0.3 is 10.6 Å². The molecule has 2 heterocycles. The Bertz CT molecular complexity index is 623. The normalized spacial score (nSPS) is 19.6. The Morgan fingerprint density at radius 3 is 2.52 bits per heavy atom. The molecule has 1 aliphatic carbocycles. The summed E-state index contributed by atoms with van der Waals surface area (Å²) in [5, 5.41) is 5.98. The third-order valence-electron chi connectivity index (χ3n) is 5.62. The van der Waals surface area contributed by atoms with Gasteiger partial charge in [0.15, 0.2) is 0 Å². The molecule has 2 N–H and O–H groups in total. The number of halogens is 1. The van der Waals surface area contributed by atoms with Crippen molar-refractivity contribution in [2.45, 2.75) is 44.9 Å². The van der Waals surface area contributed by atoms with E-state index in [1.165, 1.54) is 32.1 Å². The van der Waals surface area contributed by atoms with Crippen molar-refractivity contribution in [2.75, 3.05) is 31.5 Å². The maximum absolute atomic E-state index is 12.4. The number of anilines is 1.